The molecule has 8 nitrogen and oxygen atoms in total. The summed E-state index contributed by atoms with van der Waals surface area (Å²) in [7, 11) is 0. The van der Waals surface area contributed by atoms with E-state index >= 15 is 0 Å². The van der Waals surface area contributed by atoms with Gasteiger partial charge < -0.3 is 10.8 Å². The number of rotatable bonds is 4. The summed E-state index contributed by atoms with van der Waals surface area (Å²) < 4.78 is 0. The first-order chi connectivity index (χ1) is 11.0. The lowest BCUT2D eigenvalue weighted by Crippen LogP contribution is -2.14. The number of carboxylic acids is 1. The van der Waals surface area contributed by atoms with Crippen molar-refractivity contribution in [3.63, 3.8) is 0 Å². The van der Waals surface area contributed by atoms with E-state index < -0.39 is 11.5 Å². The molecule has 0 saturated carbocycles. The lowest BCUT2D eigenvalue weighted by Gasteiger charge is -2.03. The number of aryl methyl sites for hydroxylation is 2. The molecule has 23 heavy (non-hydrogen) atoms. The second-order valence-corrected chi connectivity index (χ2v) is 4.99. The number of hydrogen-bond acceptors (Lipinski definition) is 6. The van der Waals surface area contributed by atoms with E-state index in [0.29, 0.717) is 18.5 Å². The number of aromatic nitrogens is 4. The maximum Gasteiger partial charge on any atom is 0.335 e. The molecule has 0 unspecified atom stereocenters. The van der Waals surface area contributed by atoms with Crippen molar-refractivity contribution in [2.24, 2.45) is 0 Å². The van der Waals surface area contributed by atoms with Gasteiger partial charge in [0.15, 0.2) is 11.2 Å². The predicted molar refractivity (Wildman–Crippen MR) is 83.2 cm³/mol. The molecular weight excluding hydrogens is 298 g/mol. The van der Waals surface area contributed by atoms with Crippen molar-refractivity contribution >= 4 is 23.1 Å². The second-order valence-electron chi connectivity index (χ2n) is 4.99. The van der Waals surface area contributed by atoms with E-state index in [-0.39, 0.29) is 22.7 Å². The number of nitrogens with zero attached hydrogens (tertiary/aromatic N) is 3. The van der Waals surface area contributed by atoms with Crippen LogP contribution in [0, 0.1) is 0 Å². The zero-order chi connectivity index (χ0) is 16.4. The normalized spacial score (nSPS) is 10.8. The number of aromatic amines is 1. The van der Waals surface area contributed by atoms with Crippen molar-refractivity contribution in [3.05, 3.63) is 57.6 Å². The van der Waals surface area contributed by atoms with Crippen molar-refractivity contribution in [1.29, 1.82) is 0 Å². The molecular formula is C15H13N5O3. The van der Waals surface area contributed by atoms with Gasteiger partial charge in [0, 0.05) is 0 Å². The Labute approximate surface area is 130 Å². The van der Waals surface area contributed by atoms with Gasteiger partial charge in [-0.05, 0) is 30.5 Å². The van der Waals surface area contributed by atoms with E-state index in [2.05, 4.69) is 19.9 Å². The van der Waals surface area contributed by atoms with Crippen LogP contribution in [-0.4, -0.2) is 31.0 Å². The Morgan fingerprint density at radius 1 is 1.17 bits per heavy atom. The minimum Gasteiger partial charge on any atom is -0.478 e. The van der Waals surface area contributed by atoms with E-state index in [1.807, 2.05) is 0 Å². The van der Waals surface area contributed by atoms with Crippen molar-refractivity contribution in [3.8, 4) is 0 Å². The third-order valence-electron chi connectivity index (χ3n) is 3.36. The highest BCUT2D eigenvalue weighted by molar-refractivity contribution is 5.87. The molecule has 0 bridgehead atoms. The Balaban J connectivity index is 1.79. The minimum atomic E-state index is -0.956. The van der Waals surface area contributed by atoms with E-state index in [4.69, 9.17) is 10.8 Å². The van der Waals surface area contributed by atoms with Crippen molar-refractivity contribution in [1.82, 2.24) is 19.9 Å². The van der Waals surface area contributed by atoms with Crippen molar-refractivity contribution in [2.75, 3.05) is 5.73 Å². The third-order valence-corrected chi connectivity index (χ3v) is 3.36. The molecule has 0 saturated heterocycles. The molecule has 2 heterocycles. The number of H-pyrrole nitrogens is 1. The van der Waals surface area contributed by atoms with Gasteiger partial charge >= 0.3 is 5.97 Å². The standard InChI is InChI=1S/C15H13N5O3/c16-15-19-12-11(13(21)20-15)18-10(7-17-12)6-3-8-1-4-9(5-2-8)14(22)23/h1-2,4-5,7H,3,6H2,(H,22,23)(H3,16,17,19,20,21). The van der Waals surface area contributed by atoms with E-state index in [1.165, 1.54) is 0 Å². The lowest BCUT2D eigenvalue weighted by molar-refractivity contribution is 0.0697. The molecule has 116 valence electrons. The molecule has 0 fully saturated rings. The number of aromatic carboxylic acids is 1. The van der Waals surface area contributed by atoms with Crippen LogP contribution in [0.1, 0.15) is 21.6 Å². The molecule has 0 aliphatic heterocycles. The van der Waals surface area contributed by atoms with Gasteiger partial charge in [0.2, 0.25) is 5.95 Å². The summed E-state index contributed by atoms with van der Waals surface area (Å²) in [5.41, 5.74) is 7.26. The Morgan fingerprint density at radius 3 is 2.61 bits per heavy atom. The maximum atomic E-state index is 11.8. The molecule has 2 aromatic heterocycles. The molecule has 4 N–H and O–H groups in total. The first kappa shape index (κ1) is 14.6. The number of nitrogen functional groups attached to an aromatic ring is 1. The van der Waals surface area contributed by atoms with Gasteiger partial charge in [0.1, 0.15) is 0 Å². The Hall–Kier alpha value is -3.29. The van der Waals surface area contributed by atoms with Crippen LogP contribution >= 0.6 is 0 Å². The predicted octanol–water partition coefficient (Wildman–Crippen LogP) is 0.779. The van der Waals surface area contributed by atoms with Crippen LogP contribution in [0.3, 0.4) is 0 Å². The summed E-state index contributed by atoms with van der Waals surface area (Å²) in [5.74, 6) is -0.953. The molecule has 0 aliphatic carbocycles. The van der Waals surface area contributed by atoms with Gasteiger partial charge in [-0.3, -0.25) is 9.78 Å². The van der Waals surface area contributed by atoms with E-state index in [0.717, 1.165) is 5.56 Å². The van der Waals surface area contributed by atoms with Crippen LogP contribution in [0.5, 0.6) is 0 Å². The van der Waals surface area contributed by atoms with E-state index in [9.17, 15) is 9.59 Å². The number of hydrogen-bond donors (Lipinski definition) is 3. The van der Waals surface area contributed by atoms with Crippen LogP contribution in [0.15, 0.2) is 35.3 Å². The van der Waals surface area contributed by atoms with Gasteiger partial charge in [-0.1, -0.05) is 12.1 Å². The van der Waals surface area contributed by atoms with Gasteiger partial charge in [0.05, 0.1) is 17.5 Å². The highest BCUT2D eigenvalue weighted by Gasteiger charge is 2.07. The smallest absolute Gasteiger partial charge is 0.335 e. The zero-order valence-corrected chi connectivity index (χ0v) is 12.0. The number of carboxylic acid groups (broad SMARTS) is 1. The van der Waals surface area contributed by atoms with Crippen LogP contribution in [-0.2, 0) is 12.8 Å². The fraction of sp³-hybridized carbons (Fsp3) is 0.133. The van der Waals surface area contributed by atoms with Gasteiger partial charge in [-0.2, -0.15) is 4.98 Å². The number of nitrogens with one attached hydrogen (secondary N) is 1. The fourth-order valence-corrected chi connectivity index (χ4v) is 2.18. The van der Waals surface area contributed by atoms with Crippen molar-refractivity contribution < 1.29 is 9.90 Å². The highest BCUT2D eigenvalue weighted by Crippen LogP contribution is 2.09. The third kappa shape index (κ3) is 3.15. The number of nitrogens with two attached hydrogens (primary N) is 1. The summed E-state index contributed by atoms with van der Waals surface area (Å²) in [6.45, 7) is 0. The zero-order valence-electron chi connectivity index (χ0n) is 12.0. The summed E-state index contributed by atoms with van der Waals surface area (Å²) in [5, 5.41) is 8.86. The van der Waals surface area contributed by atoms with Crippen LogP contribution in [0.4, 0.5) is 5.95 Å². The number of carbonyl (C=O) groups is 1. The largest absolute Gasteiger partial charge is 0.478 e. The maximum absolute atomic E-state index is 11.8. The fourth-order valence-electron chi connectivity index (χ4n) is 2.18. The van der Waals surface area contributed by atoms with Crippen LogP contribution in [0.25, 0.3) is 11.2 Å². The molecule has 8 heteroatoms. The molecule has 0 radical (unpaired) electrons. The summed E-state index contributed by atoms with van der Waals surface area (Å²) >= 11 is 0. The molecule has 0 aliphatic rings. The minimum absolute atomic E-state index is 0.00284. The average Bonchev–Trinajstić information content (AvgIpc) is 2.53. The Morgan fingerprint density at radius 2 is 1.91 bits per heavy atom. The topological polar surface area (TPSA) is 135 Å². The first-order valence-corrected chi connectivity index (χ1v) is 6.86. The van der Waals surface area contributed by atoms with Gasteiger partial charge in [0.25, 0.3) is 5.56 Å². The Bertz CT molecular complexity index is 934. The molecule has 3 rings (SSSR count). The van der Waals surface area contributed by atoms with Gasteiger partial charge in [-0.15, -0.1) is 0 Å². The molecule has 1 aromatic carbocycles. The highest BCUT2D eigenvalue weighted by atomic mass is 16.4. The number of benzene rings is 1. The summed E-state index contributed by atoms with van der Waals surface area (Å²) in [6, 6.07) is 6.63. The van der Waals surface area contributed by atoms with Gasteiger partial charge in [-0.25, -0.2) is 14.8 Å². The first-order valence-electron chi connectivity index (χ1n) is 6.86. The Kier molecular flexibility index (Phi) is 3.71. The summed E-state index contributed by atoms with van der Waals surface area (Å²) in [6.07, 6.45) is 2.78. The van der Waals surface area contributed by atoms with Crippen LogP contribution < -0.4 is 11.3 Å². The lowest BCUT2D eigenvalue weighted by atomic mass is 10.1. The molecule has 0 amide bonds. The molecule has 3 aromatic rings. The quantitative estimate of drug-likeness (QED) is 0.647. The van der Waals surface area contributed by atoms with E-state index in [1.54, 1.807) is 30.5 Å². The van der Waals surface area contributed by atoms with Crippen molar-refractivity contribution in [2.45, 2.75) is 12.8 Å². The monoisotopic (exact) mass is 311 g/mol. The SMILES string of the molecule is Nc1nc2ncc(CCc3ccc(C(=O)O)cc3)nc2c(=O)[nH]1. The number of anilines is 1. The molecule has 0 atom stereocenters. The summed E-state index contributed by atoms with van der Waals surface area (Å²) in [4.78, 5) is 37.3. The number of fused-ring (bicyclic) bond motifs is 1. The second kappa shape index (κ2) is 5.84. The van der Waals surface area contributed by atoms with Crippen LogP contribution in [0.2, 0.25) is 0 Å². The average molecular weight is 311 g/mol. The molecule has 0 spiro atoms.